The number of unbranched alkanes of at least 4 members (excludes halogenated alkanes) is 2. The highest BCUT2D eigenvalue weighted by atomic mass is 32.1. The molecule has 0 saturated carbocycles. The molecular weight excluding hydrogens is 142 g/mol. The van der Waals surface area contributed by atoms with E-state index in [1.165, 1.54) is 25.0 Å². The molecule has 1 aromatic heterocycles. The van der Waals surface area contributed by atoms with Gasteiger partial charge in [-0.25, -0.2) is 0 Å². The van der Waals surface area contributed by atoms with Crippen LogP contribution in [0.3, 0.4) is 0 Å². The Morgan fingerprint density at radius 2 is 2.40 bits per heavy atom. The summed E-state index contributed by atoms with van der Waals surface area (Å²) in [6.45, 7) is 2.22. The van der Waals surface area contributed by atoms with Crippen LogP contribution in [0.4, 0.5) is 0 Å². The first-order valence-corrected chi connectivity index (χ1v) is 4.66. The van der Waals surface area contributed by atoms with Crippen molar-refractivity contribution in [2.45, 2.75) is 32.6 Å². The Bertz CT molecular complexity index is 158. The first-order chi connectivity index (χ1) is 4.93. The van der Waals surface area contributed by atoms with Crippen molar-refractivity contribution in [2.24, 2.45) is 0 Å². The highest BCUT2D eigenvalue weighted by Crippen LogP contribution is 2.05. The number of hydrogen-bond acceptors (Lipinski definition) is 2. The lowest BCUT2D eigenvalue weighted by atomic mass is 10.2. The average molecular weight is 155 g/mol. The molecule has 1 rings (SSSR count). The highest BCUT2D eigenvalue weighted by Gasteiger charge is 1.92. The van der Waals surface area contributed by atoms with Crippen molar-refractivity contribution >= 4 is 11.5 Å². The van der Waals surface area contributed by atoms with E-state index in [4.69, 9.17) is 0 Å². The number of aryl methyl sites for hydroxylation is 1. The summed E-state index contributed by atoms with van der Waals surface area (Å²) in [7, 11) is 0. The van der Waals surface area contributed by atoms with Gasteiger partial charge in [-0.15, -0.1) is 0 Å². The molecule has 0 aliphatic heterocycles. The zero-order valence-corrected chi connectivity index (χ0v) is 7.16. The lowest BCUT2D eigenvalue weighted by Gasteiger charge is -1.92. The Morgan fingerprint density at radius 3 is 3.00 bits per heavy atom. The highest BCUT2D eigenvalue weighted by molar-refractivity contribution is 7.03. The Hall–Kier alpha value is -0.370. The Kier molecular flexibility index (Phi) is 3.44. The number of nitrogens with zero attached hydrogens (tertiary/aromatic N) is 1. The second-order valence-electron chi connectivity index (χ2n) is 2.45. The molecule has 1 aromatic rings. The summed E-state index contributed by atoms with van der Waals surface area (Å²) in [5.74, 6) is 0. The minimum Gasteiger partial charge on any atom is -0.198 e. The van der Waals surface area contributed by atoms with Crippen LogP contribution in [0, 0.1) is 0 Å². The molecule has 0 fully saturated rings. The molecule has 0 unspecified atom stereocenters. The van der Waals surface area contributed by atoms with Crippen LogP contribution in [-0.4, -0.2) is 4.37 Å². The van der Waals surface area contributed by atoms with Gasteiger partial charge in [0.05, 0.1) is 5.69 Å². The van der Waals surface area contributed by atoms with Crippen LogP contribution in [0.15, 0.2) is 11.4 Å². The van der Waals surface area contributed by atoms with E-state index in [9.17, 15) is 0 Å². The molecule has 0 aliphatic rings. The van der Waals surface area contributed by atoms with Crippen molar-refractivity contribution in [3.8, 4) is 0 Å². The first kappa shape index (κ1) is 7.73. The van der Waals surface area contributed by atoms with Crippen molar-refractivity contribution in [1.82, 2.24) is 4.37 Å². The van der Waals surface area contributed by atoms with E-state index in [1.54, 1.807) is 11.5 Å². The van der Waals surface area contributed by atoms with Gasteiger partial charge in [0.2, 0.25) is 0 Å². The monoisotopic (exact) mass is 155 g/mol. The molecule has 56 valence electrons. The standard InChI is InChI=1S/C8H13NS/c1-2-3-4-5-8-6-7-10-9-8/h6-7H,2-5H2,1H3. The molecule has 2 heteroatoms. The van der Waals surface area contributed by atoms with E-state index < -0.39 is 0 Å². The lowest BCUT2D eigenvalue weighted by Crippen LogP contribution is -1.83. The SMILES string of the molecule is CCCCCc1ccsn1. The summed E-state index contributed by atoms with van der Waals surface area (Å²) in [5, 5.41) is 2.04. The van der Waals surface area contributed by atoms with Crippen molar-refractivity contribution in [3.05, 3.63) is 17.1 Å². The molecule has 1 heterocycles. The summed E-state index contributed by atoms with van der Waals surface area (Å²) in [6, 6.07) is 2.11. The molecule has 0 amide bonds. The Balaban J connectivity index is 2.15. The molecule has 0 spiro atoms. The second-order valence-corrected chi connectivity index (χ2v) is 3.11. The van der Waals surface area contributed by atoms with Gasteiger partial charge in [-0.05, 0) is 30.4 Å². The van der Waals surface area contributed by atoms with Gasteiger partial charge in [0.15, 0.2) is 0 Å². The van der Waals surface area contributed by atoms with Gasteiger partial charge in [-0.2, -0.15) is 4.37 Å². The van der Waals surface area contributed by atoms with Crippen molar-refractivity contribution in [2.75, 3.05) is 0 Å². The zero-order valence-electron chi connectivity index (χ0n) is 6.34. The average Bonchev–Trinajstić information content (AvgIpc) is 2.41. The van der Waals surface area contributed by atoms with Gasteiger partial charge < -0.3 is 0 Å². The topological polar surface area (TPSA) is 12.9 Å². The van der Waals surface area contributed by atoms with Gasteiger partial charge in [-0.1, -0.05) is 19.8 Å². The molecule has 1 nitrogen and oxygen atoms in total. The third kappa shape index (κ3) is 2.48. The van der Waals surface area contributed by atoms with Gasteiger partial charge in [-0.3, -0.25) is 0 Å². The van der Waals surface area contributed by atoms with E-state index in [0.29, 0.717) is 0 Å². The predicted molar refractivity (Wildman–Crippen MR) is 45.3 cm³/mol. The van der Waals surface area contributed by atoms with Crippen LogP contribution in [0.2, 0.25) is 0 Å². The Morgan fingerprint density at radius 1 is 1.50 bits per heavy atom. The number of rotatable bonds is 4. The fourth-order valence-electron chi connectivity index (χ4n) is 0.923. The van der Waals surface area contributed by atoms with E-state index in [-0.39, 0.29) is 0 Å². The fraction of sp³-hybridized carbons (Fsp3) is 0.625. The maximum Gasteiger partial charge on any atom is 0.0542 e. The van der Waals surface area contributed by atoms with E-state index in [0.717, 1.165) is 6.42 Å². The van der Waals surface area contributed by atoms with Gasteiger partial charge in [0, 0.05) is 5.38 Å². The molecule has 10 heavy (non-hydrogen) atoms. The van der Waals surface area contributed by atoms with Crippen LogP contribution in [-0.2, 0) is 6.42 Å². The van der Waals surface area contributed by atoms with Crippen LogP contribution >= 0.6 is 11.5 Å². The van der Waals surface area contributed by atoms with Crippen LogP contribution in [0.5, 0.6) is 0 Å². The molecule has 0 radical (unpaired) electrons. The molecule has 0 aromatic carbocycles. The number of aromatic nitrogens is 1. The predicted octanol–water partition coefficient (Wildman–Crippen LogP) is 2.88. The van der Waals surface area contributed by atoms with Gasteiger partial charge in [0.1, 0.15) is 0 Å². The van der Waals surface area contributed by atoms with Crippen molar-refractivity contribution in [3.63, 3.8) is 0 Å². The summed E-state index contributed by atoms with van der Waals surface area (Å²) < 4.78 is 4.23. The van der Waals surface area contributed by atoms with Crippen molar-refractivity contribution < 1.29 is 0 Å². The van der Waals surface area contributed by atoms with Crippen molar-refractivity contribution in [1.29, 1.82) is 0 Å². The maximum atomic E-state index is 4.23. The summed E-state index contributed by atoms with van der Waals surface area (Å²) in [4.78, 5) is 0. The number of hydrogen-bond donors (Lipinski definition) is 0. The molecule has 0 N–H and O–H groups in total. The second kappa shape index (κ2) is 4.45. The fourth-order valence-corrected chi connectivity index (χ4v) is 1.49. The summed E-state index contributed by atoms with van der Waals surface area (Å²) >= 11 is 1.55. The van der Waals surface area contributed by atoms with E-state index >= 15 is 0 Å². The molecular formula is C8H13NS. The maximum absolute atomic E-state index is 4.23. The largest absolute Gasteiger partial charge is 0.198 e. The molecule has 0 aliphatic carbocycles. The van der Waals surface area contributed by atoms with Gasteiger partial charge >= 0.3 is 0 Å². The van der Waals surface area contributed by atoms with Crippen LogP contribution < -0.4 is 0 Å². The first-order valence-electron chi connectivity index (χ1n) is 3.82. The molecule has 0 atom stereocenters. The van der Waals surface area contributed by atoms with Crippen LogP contribution in [0.1, 0.15) is 31.9 Å². The summed E-state index contributed by atoms with van der Waals surface area (Å²) in [5.41, 5.74) is 1.26. The van der Waals surface area contributed by atoms with E-state index in [1.807, 2.05) is 5.38 Å². The molecule has 0 saturated heterocycles. The van der Waals surface area contributed by atoms with Gasteiger partial charge in [0.25, 0.3) is 0 Å². The minimum atomic E-state index is 1.16. The zero-order chi connectivity index (χ0) is 7.23. The van der Waals surface area contributed by atoms with E-state index in [2.05, 4.69) is 17.4 Å². The normalized spacial score (nSPS) is 10.1. The smallest absolute Gasteiger partial charge is 0.0542 e. The third-order valence-electron chi connectivity index (χ3n) is 1.53. The Labute approximate surface area is 66.3 Å². The quantitative estimate of drug-likeness (QED) is 0.609. The third-order valence-corrected chi connectivity index (χ3v) is 2.13. The summed E-state index contributed by atoms with van der Waals surface area (Å²) in [6.07, 6.45) is 5.08. The molecule has 0 bridgehead atoms. The lowest BCUT2D eigenvalue weighted by molar-refractivity contribution is 0.711. The minimum absolute atomic E-state index is 1.16. The van der Waals surface area contributed by atoms with Crippen LogP contribution in [0.25, 0.3) is 0 Å².